The Morgan fingerprint density at radius 2 is 1.75 bits per heavy atom. The lowest BCUT2D eigenvalue weighted by Crippen LogP contribution is -2.20. The number of nitrogens with zero attached hydrogens (tertiary/aromatic N) is 2. The second-order valence-corrected chi connectivity index (χ2v) is 9.58. The molecule has 0 aliphatic rings. The number of nitrogens with one attached hydrogen (secondary N) is 1. The molecule has 0 saturated carbocycles. The number of benzene rings is 2. The summed E-state index contributed by atoms with van der Waals surface area (Å²) in [4.78, 5) is 21.4. The van der Waals surface area contributed by atoms with Gasteiger partial charge in [0.05, 0.1) is 20.4 Å². The van der Waals surface area contributed by atoms with Crippen molar-refractivity contribution in [2.24, 2.45) is 0 Å². The smallest absolute Gasteiger partial charge is 0.264 e. The van der Waals surface area contributed by atoms with Crippen LogP contribution in [0.5, 0.6) is 5.75 Å². The van der Waals surface area contributed by atoms with E-state index in [0.717, 1.165) is 24.8 Å². The van der Waals surface area contributed by atoms with Gasteiger partial charge in [0, 0.05) is 0 Å². The number of hydrogen-bond donors (Lipinski definition) is 1. The number of anilines is 1. The highest BCUT2D eigenvalue weighted by atomic mass is 32.2. The standard InChI is InChI=1S/C20H19N3O2S3/c1-11(2)12-4-6-13(7-5-12)25-10-16(24)23-19-21-14-8-9-15-18(17(14)27-19)28-20(22-15)26-3/h4-9,11H,10H2,1-3H3,(H,21,23,24). The third-order valence-corrected chi connectivity index (χ3v) is 7.44. The van der Waals surface area contributed by atoms with E-state index in [4.69, 9.17) is 4.74 Å². The predicted molar refractivity (Wildman–Crippen MR) is 119 cm³/mol. The summed E-state index contributed by atoms with van der Waals surface area (Å²) in [5.41, 5.74) is 3.08. The van der Waals surface area contributed by atoms with Crippen LogP contribution in [0.4, 0.5) is 5.13 Å². The molecule has 1 amide bonds. The van der Waals surface area contributed by atoms with Gasteiger partial charge in [0.15, 0.2) is 16.1 Å². The number of rotatable bonds is 6. The molecule has 0 fully saturated rings. The lowest BCUT2D eigenvalue weighted by molar-refractivity contribution is -0.118. The normalized spacial score (nSPS) is 11.4. The van der Waals surface area contributed by atoms with Crippen LogP contribution in [0.15, 0.2) is 40.7 Å². The Morgan fingerprint density at radius 1 is 1.07 bits per heavy atom. The van der Waals surface area contributed by atoms with Crippen molar-refractivity contribution in [3.05, 3.63) is 42.0 Å². The van der Waals surface area contributed by atoms with Crippen LogP contribution in [0.1, 0.15) is 25.3 Å². The fourth-order valence-corrected chi connectivity index (χ4v) is 5.42. The number of hydrogen-bond acceptors (Lipinski definition) is 7. The molecule has 8 heteroatoms. The molecule has 2 heterocycles. The van der Waals surface area contributed by atoms with E-state index in [-0.39, 0.29) is 12.5 Å². The number of carbonyl (C=O) groups is 1. The van der Waals surface area contributed by atoms with Crippen LogP contribution >= 0.6 is 34.4 Å². The third kappa shape index (κ3) is 3.99. The van der Waals surface area contributed by atoms with E-state index in [1.807, 2.05) is 42.7 Å². The molecule has 5 nitrogen and oxygen atoms in total. The second-order valence-electron chi connectivity index (χ2n) is 6.53. The number of thioether (sulfide) groups is 1. The summed E-state index contributed by atoms with van der Waals surface area (Å²) in [6.07, 6.45) is 2.02. The topological polar surface area (TPSA) is 64.1 Å². The van der Waals surface area contributed by atoms with Gasteiger partial charge in [0.1, 0.15) is 5.75 Å². The zero-order chi connectivity index (χ0) is 19.7. The monoisotopic (exact) mass is 429 g/mol. The summed E-state index contributed by atoms with van der Waals surface area (Å²) in [6.45, 7) is 4.23. The molecule has 0 spiro atoms. The first-order valence-corrected chi connectivity index (χ1v) is 11.7. The summed E-state index contributed by atoms with van der Waals surface area (Å²) in [6, 6.07) is 11.8. The van der Waals surface area contributed by atoms with Gasteiger partial charge in [-0.3, -0.25) is 10.1 Å². The van der Waals surface area contributed by atoms with E-state index in [1.54, 1.807) is 23.1 Å². The highest BCUT2D eigenvalue weighted by molar-refractivity contribution is 8.00. The first-order valence-electron chi connectivity index (χ1n) is 8.80. The average Bonchev–Trinajstić information content (AvgIpc) is 3.29. The number of thiazole rings is 2. The van der Waals surface area contributed by atoms with Crippen molar-refractivity contribution in [2.75, 3.05) is 18.2 Å². The summed E-state index contributed by atoms with van der Waals surface area (Å²) < 4.78 is 8.78. The maximum atomic E-state index is 12.3. The van der Waals surface area contributed by atoms with Crippen molar-refractivity contribution >= 4 is 65.9 Å². The van der Waals surface area contributed by atoms with Gasteiger partial charge in [-0.05, 0) is 42.0 Å². The fourth-order valence-electron chi connectivity index (χ4n) is 2.75. The minimum atomic E-state index is -0.225. The Morgan fingerprint density at radius 3 is 2.43 bits per heavy atom. The summed E-state index contributed by atoms with van der Waals surface area (Å²) in [7, 11) is 0. The van der Waals surface area contributed by atoms with Gasteiger partial charge < -0.3 is 4.74 Å². The van der Waals surface area contributed by atoms with Gasteiger partial charge in [0.25, 0.3) is 5.91 Å². The summed E-state index contributed by atoms with van der Waals surface area (Å²) >= 11 is 4.76. The molecule has 0 radical (unpaired) electrons. The van der Waals surface area contributed by atoms with Crippen molar-refractivity contribution in [1.29, 1.82) is 0 Å². The maximum Gasteiger partial charge on any atom is 0.264 e. The molecule has 28 heavy (non-hydrogen) atoms. The van der Waals surface area contributed by atoms with Gasteiger partial charge in [-0.1, -0.05) is 49.1 Å². The molecule has 0 saturated heterocycles. The van der Waals surface area contributed by atoms with Gasteiger partial charge in [-0.2, -0.15) is 0 Å². The molecule has 4 aromatic rings. The molecular weight excluding hydrogens is 410 g/mol. The molecule has 0 unspecified atom stereocenters. The highest BCUT2D eigenvalue weighted by Crippen LogP contribution is 2.37. The van der Waals surface area contributed by atoms with Crippen LogP contribution in [0.25, 0.3) is 20.4 Å². The van der Waals surface area contributed by atoms with E-state index in [9.17, 15) is 4.79 Å². The van der Waals surface area contributed by atoms with Gasteiger partial charge in [-0.15, -0.1) is 11.3 Å². The number of carbonyl (C=O) groups excluding carboxylic acids is 1. The van der Waals surface area contributed by atoms with E-state index < -0.39 is 0 Å². The van der Waals surface area contributed by atoms with Crippen molar-refractivity contribution < 1.29 is 9.53 Å². The number of ether oxygens (including phenoxy) is 1. The Balaban J connectivity index is 1.44. The average molecular weight is 430 g/mol. The number of amides is 1. The molecule has 144 valence electrons. The Labute approximate surface area is 175 Å². The quantitative estimate of drug-likeness (QED) is 0.394. The molecular formula is C20H19N3O2S3. The minimum absolute atomic E-state index is 0.0520. The van der Waals surface area contributed by atoms with Crippen LogP contribution in [0.3, 0.4) is 0 Å². The summed E-state index contributed by atoms with van der Waals surface area (Å²) in [5, 5.41) is 3.41. The fraction of sp³-hybridized carbons (Fsp3) is 0.250. The van der Waals surface area contributed by atoms with Crippen LogP contribution in [-0.2, 0) is 4.79 Å². The molecule has 4 rings (SSSR count). The number of aromatic nitrogens is 2. The lowest BCUT2D eigenvalue weighted by atomic mass is 10.0. The van der Waals surface area contributed by atoms with Crippen LogP contribution in [-0.4, -0.2) is 28.7 Å². The largest absolute Gasteiger partial charge is 0.484 e. The van der Waals surface area contributed by atoms with Crippen molar-refractivity contribution in [3.63, 3.8) is 0 Å². The van der Waals surface area contributed by atoms with Gasteiger partial charge in [-0.25, -0.2) is 9.97 Å². The minimum Gasteiger partial charge on any atom is -0.484 e. The molecule has 0 bridgehead atoms. The van der Waals surface area contributed by atoms with Crippen molar-refractivity contribution in [2.45, 2.75) is 24.1 Å². The first-order chi connectivity index (χ1) is 13.5. The predicted octanol–water partition coefficient (Wildman–Crippen LogP) is 5.77. The van der Waals surface area contributed by atoms with E-state index in [1.165, 1.54) is 16.9 Å². The van der Waals surface area contributed by atoms with Crippen LogP contribution < -0.4 is 10.1 Å². The Kier molecular flexibility index (Phi) is 5.52. The highest BCUT2D eigenvalue weighted by Gasteiger charge is 2.13. The van der Waals surface area contributed by atoms with Crippen molar-refractivity contribution in [1.82, 2.24) is 9.97 Å². The molecule has 2 aromatic carbocycles. The SMILES string of the molecule is CSc1nc2ccc3nc(NC(=O)COc4ccc(C(C)C)cc4)sc3c2s1. The lowest BCUT2D eigenvalue weighted by Gasteiger charge is -2.08. The van der Waals surface area contributed by atoms with Crippen molar-refractivity contribution in [3.8, 4) is 5.75 Å². The van der Waals surface area contributed by atoms with Crippen LogP contribution in [0, 0.1) is 0 Å². The molecule has 2 aromatic heterocycles. The first kappa shape index (κ1) is 19.2. The maximum absolute atomic E-state index is 12.3. The Hall–Kier alpha value is -2.16. The third-order valence-electron chi connectivity index (χ3n) is 4.23. The van der Waals surface area contributed by atoms with Gasteiger partial charge >= 0.3 is 0 Å². The van der Waals surface area contributed by atoms with Gasteiger partial charge in [0.2, 0.25) is 0 Å². The summed E-state index contributed by atoms with van der Waals surface area (Å²) in [5.74, 6) is 0.922. The van der Waals surface area contributed by atoms with E-state index in [0.29, 0.717) is 16.8 Å². The van der Waals surface area contributed by atoms with E-state index >= 15 is 0 Å². The molecule has 0 aliphatic carbocycles. The molecule has 0 atom stereocenters. The Bertz CT molecular complexity index is 1130. The number of fused-ring (bicyclic) bond motifs is 3. The molecule has 0 aliphatic heterocycles. The van der Waals surface area contributed by atoms with Crippen LogP contribution in [0.2, 0.25) is 0 Å². The zero-order valence-corrected chi connectivity index (χ0v) is 18.1. The van der Waals surface area contributed by atoms with E-state index in [2.05, 4.69) is 29.1 Å². The second kappa shape index (κ2) is 8.06. The zero-order valence-electron chi connectivity index (χ0n) is 15.7. The molecule has 1 N–H and O–H groups in total.